The van der Waals surface area contributed by atoms with Crippen molar-refractivity contribution < 1.29 is 4.79 Å². The van der Waals surface area contributed by atoms with Crippen LogP contribution in [0.1, 0.15) is 50.9 Å². The van der Waals surface area contributed by atoms with Gasteiger partial charge in [-0.1, -0.05) is 11.6 Å². The van der Waals surface area contributed by atoms with E-state index in [1.807, 2.05) is 36.0 Å². The number of nitrogens with one attached hydrogen (secondary N) is 1. The molecule has 1 saturated heterocycles. The number of aromatic nitrogens is 2. The van der Waals surface area contributed by atoms with Crippen molar-refractivity contribution in [3.8, 4) is 0 Å². The van der Waals surface area contributed by atoms with Gasteiger partial charge in [0.2, 0.25) is 5.91 Å². The number of hydrogen-bond donors (Lipinski definition) is 1. The second-order valence-corrected chi connectivity index (χ2v) is 7.07. The highest BCUT2D eigenvalue weighted by Gasteiger charge is 2.36. The molecule has 1 amide bonds. The average molecular weight is 316 g/mol. The van der Waals surface area contributed by atoms with E-state index in [-0.39, 0.29) is 11.9 Å². The first-order chi connectivity index (χ1) is 11.1. The number of amides is 1. The quantitative estimate of drug-likeness (QED) is 0.868. The molecule has 0 aromatic carbocycles. The zero-order valence-corrected chi connectivity index (χ0v) is 14.5. The molecule has 2 aliphatic rings. The Kier molecular flexibility index (Phi) is 4.85. The smallest absolute Gasteiger partial charge is 0.222 e. The van der Waals surface area contributed by atoms with Gasteiger partial charge in [-0.05, 0) is 38.5 Å². The molecule has 1 fully saturated rings. The molecule has 5 nitrogen and oxygen atoms in total. The summed E-state index contributed by atoms with van der Waals surface area (Å²) in [6.45, 7) is 3.17. The molecule has 0 bridgehead atoms. The first-order valence-electron chi connectivity index (χ1n) is 8.68. The number of aryl methyl sites for hydroxylation is 1. The molecule has 1 aliphatic carbocycles. The maximum atomic E-state index is 12.2. The number of nitrogens with zero attached hydrogens (tertiary/aromatic N) is 3. The summed E-state index contributed by atoms with van der Waals surface area (Å²) in [5.41, 5.74) is 1.51. The van der Waals surface area contributed by atoms with E-state index in [0.717, 1.165) is 25.2 Å². The summed E-state index contributed by atoms with van der Waals surface area (Å²) in [6.07, 6.45) is 11.3. The Morgan fingerprint density at radius 3 is 2.78 bits per heavy atom. The Morgan fingerprint density at radius 1 is 1.30 bits per heavy atom. The standard InChI is InChI=1S/C18H28N4O/c1-13-4-7-15(8-5-13)20-12-14-6-9-16(23)22(3)17(14)18-19-10-11-21(18)2/h4,10-11,14-15,17,20H,5-9,12H2,1-3H3/t14-,15?,17+/m1/s1. The highest BCUT2D eigenvalue weighted by Crippen LogP contribution is 2.34. The predicted octanol–water partition coefficient (Wildman–Crippen LogP) is 2.42. The molecule has 3 rings (SSSR count). The van der Waals surface area contributed by atoms with Crippen LogP contribution in [0, 0.1) is 5.92 Å². The molecule has 2 heterocycles. The molecular formula is C18H28N4O. The summed E-state index contributed by atoms with van der Waals surface area (Å²) >= 11 is 0. The van der Waals surface area contributed by atoms with E-state index < -0.39 is 0 Å². The van der Waals surface area contributed by atoms with Gasteiger partial charge < -0.3 is 14.8 Å². The number of rotatable bonds is 4. The minimum Gasteiger partial charge on any atom is -0.336 e. The van der Waals surface area contributed by atoms with E-state index in [1.54, 1.807) is 0 Å². The Bertz CT molecular complexity index is 592. The number of piperidine rings is 1. The van der Waals surface area contributed by atoms with Crippen molar-refractivity contribution in [2.45, 2.75) is 51.1 Å². The van der Waals surface area contributed by atoms with Crippen LogP contribution in [0.25, 0.3) is 0 Å². The summed E-state index contributed by atoms with van der Waals surface area (Å²) in [6, 6.07) is 0.647. The summed E-state index contributed by atoms with van der Waals surface area (Å²) in [4.78, 5) is 18.6. The van der Waals surface area contributed by atoms with Gasteiger partial charge in [0.05, 0.1) is 6.04 Å². The fourth-order valence-electron chi connectivity index (χ4n) is 3.84. The molecular weight excluding hydrogens is 288 g/mol. The van der Waals surface area contributed by atoms with Gasteiger partial charge in [0.25, 0.3) is 0 Å². The Labute approximate surface area is 138 Å². The van der Waals surface area contributed by atoms with E-state index >= 15 is 0 Å². The summed E-state index contributed by atoms with van der Waals surface area (Å²) in [5.74, 6) is 1.64. The van der Waals surface area contributed by atoms with Crippen LogP contribution >= 0.6 is 0 Å². The maximum absolute atomic E-state index is 12.2. The Hall–Kier alpha value is -1.62. The monoisotopic (exact) mass is 316 g/mol. The lowest BCUT2D eigenvalue weighted by atomic mass is 9.87. The van der Waals surface area contributed by atoms with Crippen LogP contribution in [0.3, 0.4) is 0 Å². The van der Waals surface area contributed by atoms with E-state index in [2.05, 4.69) is 23.3 Å². The highest BCUT2D eigenvalue weighted by atomic mass is 16.2. The lowest BCUT2D eigenvalue weighted by molar-refractivity contribution is -0.137. The van der Waals surface area contributed by atoms with E-state index in [0.29, 0.717) is 18.4 Å². The zero-order valence-electron chi connectivity index (χ0n) is 14.5. The van der Waals surface area contributed by atoms with Gasteiger partial charge >= 0.3 is 0 Å². The summed E-state index contributed by atoms with van der Waals surface area (Å²) in [5, 5.41) is 3.74. The van der Waals surface area contributed by atoms with Crippen LogP contribution in [0.5, 0.6) is 0 Å². The molecule has 1 aliphatic heterocycles. The third-order valence-electron chi connectivity index (χ3n) is 5.42. The van der Waals surface area contributed by atoms with E-state index in [4.69, 9.17) is 0 Å². The number of imidazole rings is 1. The molecule has 1 unspecified atom stereocenters. The van der Waals surface area contributed by atoms with Gasteiger partial charge in [-0.25, -0.2) is 4.98 Å². The molecule has 0 radical (unpaired) electrons. The van der Waals surface area contributed by atoms with E-state index in [9.17, 15) is 4.79 Å². The lowest BCUT2D eigenvalue weighted by Gasteiger charge is -2.39. The lowest BCUT2D eigenvalue weighted by Crippen LogP contribution is -2.46. The number of carbonyl (C=O) groups excluding carboxylic acids is 1. The van der Waals surface area contributed by atoms with Gasteiger partial charge in [0.15, 0.2) is 0 Å². The molecule has 3 atom stereocenters. The van der Waals surface area contributed by atoms with E-state index in [1.165, 1.54) is 18.4 Å². The SMILES string of the molecule is CC1=CCC(NC[C@H]2CCC(=O)N(C)[C@@H]2c2nccn2C)CC1. The van der Waals surface area contributed by atoms with Crippen molar-refractivity contribution in [2.75, 3.05) is 13.6 Å². The van der Waals surface area contributed by atoms with Crippen molar-refractivity contribution in [3.05, 3.63) is 29.9 Å². The second kappa shape index (κ2) is 6.87. The number of allylic oxidation sites excluding steroid dienone is 1. The molecule has 126 valence electrons. The maximum Gasteiger partial charge on any atom is 0.222 e. The molecule has 0 saturated carbocycles. The topological polar surface area (TPSA) is 50.2 Å². The Morgan fingerprint density at radius 2 is 2.13 bits per heavy atom. The number of hydrogen-bond acceptors (Lipinski definition) is 3. The number of carbonyl (C=O) groups is 1. The van der Waals surface area contributed by atoms with Crippen LogP contribution in [-0.4, -0.2) is 40.0 Å². The van der Waals surface area contributed by atoms with Crippen LogP contribution in [0.4, 0.5) is 0 Å². The van der Waals surface area contributed by atoms with Crippen LogP contribution in [-0.2, 0) is 11.8 Å². The largest absolute Gasteiger partial charge is 0.336 e. The molecule has 1 aromatic heterocycles. The third kappa shape index (κ3) is 3.50. The van der Waals surface area contributed by atoms with Crippen molar-refractivity contribution in [2.24, 2.45) is 13.0 Å². The Balaban J connectivity index is 1.69. The third-order valence-corrected chi connectivity index (χ3v) is 5.42. The minimum atomic E-state index is 0.0737. The molecule has 23 heavy (non-hydrogen) atoms. The van der Waals surface area contributed by atoms with Gasteiger partial charge in [-0.2, -0.15) is 0 Å². The first kappa shape index (κ1) is 16.2. The number of likely N-dealkylation sites (tertiary alicyclic amines) is 1. The average Bonchev–Trinajstić information content (AvgIpc) is 2.96. The molecule has 1 aromatic rings. The first-order valence-corrected chi connectivity index (χ1v) is 8.68. The van der Waals surface area contributed by atoms with Crippen molar-refractivity contribution in [1.29, 1.82) is 0 Å². The van der Waals surface area contributed by atoms with Gasteiger partial charge in [0, 0.05) is 45.5 Å². The molecule has 5 heteroatoms. The minimum absolute atomic E-state index is 0.0737. The fraction of sp³-hybridized carbons (Fsp3) is 0.667. The van der Waals surface area contributed by atoms with Crippen molar-refractivity contribution >= 4 is 5.91 Å². The van der Waals surface area contributed by atoms with Crippen LogP contribution < -0.4 is 5.32 Å². The summed E-state index contributed by atoms with van der Waals surface area (Å²) in [7, 11) is 3.93. The van der Waals surface area contributed by atoms with Crippen molar-refractivity contribution in [1.82, 2.24) is 19.8 Å². The molecule has 1 N–H and O–H groups in total. The van der Waals surface area contributed by atoms with Gasteiger partial charge in [-0.15, -0.1) is 0 Å². The zero-order chi connectivity index (χ0) is 16.4. The van der Waals surface area contributed by atoms with Crippen LogP contribution in [0.15, 0.2) is 24.0 Å². The summed E-state index contributed by atoms with van der Waals surface area (Å²) < 4.78 is 2.04. The predicted molar refractivity (Wildman–Crippen MR) is 90.8 cm³/mol. The second-order valence-electron chi connectivity index (χ2n) is 7.07. The normalized spacial score (nSPS) is 28.8. The van der Waals surface area contributed by atoms with Gasteiger partial charge in [0.1, 0.15) is 5.82 Å². The van der Waals surface area contributed by atoms with Crippen LogP contribution in [0.2, 0.25) is 0 Å². The van der Waals surface area contributed by atoms with Gasteiger partial charge in [-0.3, -0.25) is 4.79 Å². The molecule has 0 spiro atoms. The fourth-order valence-corrected chi connectivity index (χ4v) is 3.84. The highest BCUT2D eigenvalue weighted by molar-refractivity contribution is 5.77. The van der Waals surface area contributed by atoms with Crippen molar-refractivity contribution in [3.63, 3.8) is 0 Å².